The number of hydrogen-bond donors (Lipinski definition) is 2. The first-order valence-electron chi connectivity index (χ1n) is 3.48. The molecule has 0 amide bonds. The van der Waals surface area contributed by atoms with Crippen LogP contribution >= 0.6 is 0 Å². The molecule has 1 aliphatic heterocycles. The van der Waals surface area contributed by atoms with Gasteiger partial charge < -0.3 is 16.3 Å². The Bertz CT molecular complexity index is 147. The van der Waals surface area contributed by atoms with E-state index in [1.54, 1.807) is 0 Å². The fourth-order valence-corrected chi connectivity index (χ4v) is 0.753. The molecule has 1 atom stereocenters. The molecule has 0 aromatic carbocycles. The van der Waals surface area contributed by atoms with Crippen LogP contribution in [0.4, 0.5) is 0 Å². The zero-order chi connectivity index (χ0) is 7.56. The van der Waals surface area contributed by atoms with Crippen molar-refractivity contribution in [1.29, 1.82) is 0 Å². The van der Waals surface area contributed by atoms with Gasteiger partial charge >= 0.3 is 0 Å². The van der Waals surface area contributed by atoms with Crippen molar-refractivity contribution < 1.29 is 37.4 Å². The Hall–Kier alpha value is 0.404. The van der Waals surface area contributed by atoms with E-state index in [9.17, 15) is 0 Å². The molecule has 0 saturated carbocycles. The summed E-state index contributed by atoms with van der Waals surface area (Å²) in [5.41, 5.74) is 5.52. The van der Waals surface area contributed by atoms with Crippen molar-refractivity contribution in [2.75, 3.05) is 6.54 Å². The van der Waals surface area contributed by atoms with Gasteiger partial charge in [0.15, 0.2) is 6.23 Å². The molecule has 0 aromatic heterocycles. The SMILES string of the molecule is CC(C)C1=[C-]NCC(N)O1.[Y]. The fourth-order valence-electron chi connectivity index (χ4n) is 0.753. The Balaban J connectivity index is 0.000001000. The van der Waals surface area contributed by atoms with Crippen molar-refractivity contribution in [2.45, 2.75) is 20.1 Å². The van der Waals surface area contributed by atoms with E-state index in [0.717, 1.165) is 5.76 Å². The number of allylic oxidation sites excluding steroid dienone is 1. The summed E-state index contributed by atoms with van der Waals surface area (Å²) in [6, 6.07) is 0. The first-order chi connectivity index (χ1) is 4.70. The molecule has 61 valence electrons. The van der Waals surface area contributed by atoms with E-state index in [1.165, 1.54) is 0 Å². The molecule has 0 saturated heterocycles. The summed E-state index contributed by atoms with van der Waals surface area (Å²) < 4.78 is 5.27. The second-order valence-corrected chi connectivity index (χ2v) is 2.68. The maximum absolute atomic E-state index is 5.52. The average Bonchev–Trinajstić information content (AvgIpc) is 1.88. The first kappa shape index (κ1) is 11.4. The summed E-state index contributed by atoms with van der Waals surface area (Å²) in [6.45, 7) is 4.74. The summed E-state index contributed by atoms with van der Waals surface area (Å²) in [6.07, 6.45) is 2.70. The van der Waals surface area contributed by atoms with Crippen LogP contribution in [0.1, 0.15) is 13.8 Å². The predicted octanol–water partition coefficient (Wildman–Crippen LogP) is 0.189. The van der Waals surface area contributed by atoms with E-state index in [0.29, 0.717) is 12.5 Å². The molecule has 0 aromatic rings. The van der Waals surface area contributed by atoms with Crippen LogP contribution < -0.4 is 11.1 Å². The average molecular weight is 230 g/mol. The second-order valence-electron chi connectivity index (χ2n) is 2.68. The van der Waals surface area contributed by atoms with E-state index in [4.69, 9.17) is 10.5 Å². The Morgan fingerprint density at radius 2 is 2.36 bits per heavy atom. The van der Waals surface area contributed by atoms with Crippen LogP contribution in [-0.2, 0) is 37.4 Å². The number of nitrogens with two attached hydrogens (primary N) is 1. The summed E-state index contributed by atoms with van der Waals surface area (Å²) >= 11 is 0. The van der Waals surface area contributed by atoms with E-state index in [2.05, 4.69) is 11.5 Å². The monoisotopic (exact) mass is 230 g/mol. The maximum Gasteiger partial charge on any atom is 0.157 e. The fraction of sp³-hybridized carbons (Fsp3) is 0.714. The Morgan fingerprint density at radius 3 is 2.73 bits per heavy atom. The van der Waals surface area contributed by atoms with E-state index >= 15 is 0 Å². The van der Waals surface area contributed by atoms with Crippen LogP contribution in [0.3, 0.4) is 0 Å². The minimum Gasteiger partial charge on any atom is -0.560 e. The van der Waals surface area contributed by atoms with Gasteiger partial charge in [0.05, 0.1) is 0 Å². The standard InChI is InChI=1S/C7H13N2O.Y/c1-5(2)6-3-9-4-7(8)10-6;/h5,7,9H,4,8H2,1-2H3;/q-1;. The van der Waals surface area contributed by atoms with Crippen molar-refractivity contribution in [1.82, 2.24) is 5.32 Å². The van der Waals surface area contributed by atoms with Gasteiger partial charge in [0.2, 0.25) is 0 Å². The molecule has 0 spiro atoms. The van der Waals surface area contributed by atoms with Gasteiger partial charge in [-0.05, 0) is 5.92 Å². The summed E-state index contributed by atoms with van der Waals surface area (Å²) in [5.74, 6) is 1.18. The first-order valence-corrected chi connectivity index (χ1v) is 3.48. The summed E-state index contributed by atoms with van der Waals surface area (Å²) in [7, 11) is 0. The van der Waals surface area contributed by atoms with Crippen LogP contribution in [0.25, 0.3) is 0 Å². The Morgan fingerprint density at radius 1 is 1.73 bits per heavy atom. The second kappa shape index (κ2) is 5.12. The molecule has 1 aliphatic rings. The third-order valence-corrected chi connectivity index (χ3v) is 1.32. The van der Waals surface area contributed by atoms with Crippen molar-refractivity contribution >= 4 is 0 Å². The van der Waals surface area contributed by atoms with Gasteiger partial charge in [0.25, 0.3) is 0 Å². The normalized spacial score (nSPS) is 22.9. The molecular formula is C7H13N2OY-. The Kier molecular flexibility index (Phi) is 5.31. The zero-order valence-electron chi connectivity index (χ0n) is 6.92. The zero-order valence-corrected chi connectivity index (χ0v) is 9.76. The van der Waals surface area contributed by atoms with E-state index < -0.39 is 0 Å². The molecule has 4 heteroatoms. The molecule has 3 nitrogen and oxygen atoms in total. The van der Waals surface area contributed by atoms with Crippen LogP contribution in [0.15, 0.2) is 5.76 Å². The number of nitrogens with one attached hydrogen (secondary N) is 1. The number of rotatable bonds is 1. The van der Waals surface area contributed by atoms with Crippen LogP contribution in [0.5, 0.6) is 0 Å². The van der Waals surface area contributed by atoms with Crippen molar-refractivity contribution in [3.63, 3.8) is 0 Å². The van der Waals surface area contributed by atoms with Gasteiger partial charge in [-0.25, -0.2) is 0 Å². The van der Waals surface area contributed by atoms with Crippen molar-refractivity contribution in [3.05, 3.63) is 12.0 Å². The largest absolute Gasteiger partial charge is 0.560 e. The van der Waals surface area contributed by atoms with E-state index in [-0.39, 0.29) is 38.9 Å². The summed E-state index contributed by atoms with van der Waals surface area (Å²) in [4.78, 5) is 0. The molecule has 0 fully saturated rings. The molecule has 1 heterocycles. The Labute approximate surface area is 92.6 Å². The van der Waals surface area contributed by atoms with Gasteiger partial charge in [-0.3, -0.25) is 5.73 Å². The van der Waals surface area contributed by atoms with Gasteiger partial charge in [0, 0.05) is 39.3 Å². The third-order valence-electron chi connectivity index (χ3n) is 1.32. The van der Waals surface area contributed by atoms with Crippen LogP contribution in [0.2, 0.25) is 0 Å². The topological polar surface area (TPSA) is 47.3 Å². The van der Waals surface area contributed by atoms with Crippen molar-refractivity contribution in [2.24, 2.45) is 11.7 Å². The predicted molar refractivity (Wildman–Crippen MR) is 38.7 cm³/mol. The molecule has 0 aliphatic carbocycles. The van der Waals surface area contributed by atoms with Crippen molar-refractivity contribution in [3.8, 4) is 0 Å². The molecule has 3 N–H and O–H groups in total. The van der Waals surface area contributed by atoms with Gasteiger partial charge in [-0.2, -0.15) is 0 Å². The van der Waals surface area contributed by atoms with Gasteiger partial charge in [-0.1, -0.05) is 19.6 Å². The number of hydrogen-bond acceptors (Lipinski definition) is 3. The minimum atomic E-state index is -0.210. The van der Waals surface area contributed by atoms with Crippen LogP contribution in [-0.4, -0.2) is 12.8 Å². The van der Waals surface area contributed by atoms with Crippen LogP contribution in [0, 0.1) is 12.1 Å². The molecule has 1 rings (SSSR count). The molecule has 0 bridgehead atoms. The summed E-state index contributed by atoms with van der Waals surface area (Å²) in [5, 5.41) is 2.93. The van der Waals surface area contributed by atoms with Gasteiger partial charge in [0.1, 0.15) is 0 Å². The molecule has 1 radical (unpaired) electrons. The smallest absolute Gasteiger partial charge is 0.157 e. The molecule has 1 unspecified atom stereocenters. The minimum absolute atomic E-state index is 0. The molecule has 11 heavy (non-hydrogen) atoms. The third kappa shape index (κ3) is 3.54. The van der Waals surface area contributed by atoms with Gasteiger partial charge in [-0.15, -0.1) is 0 Å². The van der Waals surface area contributed by atoms with E-state index in [1.807, 2.05) is 13.8 Å². The quantitative estimate of drug-likeness (QED) is 0.632. The molecular weight excluding hydrogens is 217 g/mol. The maximum atomic E-state index is 5.52. The number of ether oxygens (including phenoxy) is 1.